The van der Waals surface area contributed by atoms with Crippen LogP contribution in [0, 0.1) is 0 Å². The number of carboxylic acid groups (broad SMARTS) is 2. The third kappa shape index (κ3) is 15.3. The zero-order valence-electron chi connectivity index (χ0n) is 7.34. The van der Waals surface area contributed by atoms with Crippen LogP contribution in [-0.4, -0.2) is 58.3 Å². The highest BCUT2D eigenvalue weighted by Crippen LogP contribution is 1.87. The number of rotatable bonds is 4. The lowest BCUT2D eigenvalue weighted by atomic mass is 10.4. The molecule has 0 aromatic rings. The molecule has 90 valence electrons. The number of aliphatic hydroxyl groups is 2. The number of alkyl halides is 2. The summed E-state index contributed by atoms with van der Waals surface area (Å²) >= 11 is 0. The first-order valence-corrected chi connectivity index (χ1v) is 3.46. The fourth-order valence-electron chi connectivity index (χ4n) is 0.220. The van der Waals surface area contributed by atoms with Crippen LogP contribution in [0.2, 0.25) is 0 Å². The summed E-state index contributed by atoms with van der Waals surface area (Å²) in [5.74, 6) is -2.07. The molecule has 1 atom stereocenters. The molecule has 0 saturated heterocycles. The molecule has 0 aromatic carbocycles. The molecule has 15 heavy (non-hydrogen) atoms. The molecule has 0 saturated carbocycles. The second-order valence-corrected chi connectivity index (χ2v) is 2.05. The Kier molecular flexibility index (Phi) is 9.68. The van der Waals surface area contributed by atoms with E-state index in [-0.39, 0.29) is 6.61 Å². The molecule has 9 heteroatoms. The van der Waals surface area contributed by atoms with Gasteiger partial charge in [0.25, 0.3) is 0 Å². The van der Waals surface area contributed by atoms with Crippen molar-refractivity contribution in [2.24, 2.45) is 0 Å². The third-order valence-corrected chi connectivity index (χ3v) is 0.797. The number of hydrogen-bond acceptors (Lipinski definition) is 5. The van der Waals surface area contributed by atoms with Gasteiger partial charge >= 0.3 is 18.6 Å². The molecule has 1 unspecified atom stereocenters. The van der Waals surface area contributed by atoms with Gasteiger partial charge in [-0.15, -0.1) is 0 Å². The lowest BCUT2D eigenvalue weighted by molar-refractivity contribution is -0.149. The monoisotopic (exact) mass is 232 g/mol. The predicted molar refractivity (Wildman–Crippen MR) is 40.7 cm³/mol. The minimum absolute atomic E-state index is 0.383. The van der Waals surface area contributed by atoms with Gasteiger partial charge in [-0.05, 0) is 0 Å². The van der Waals surface area contributed by atoms with Gasteiger partial charge in [-0.2, -0.15) is 8.78 Å². The summed E-state index contributed by atoms with van der Waals surface area (Å²) in [7, 11) is 0. The number of hydrogen-bond donors (Lipinski definition) is 4. The maximum atomic E-state index is 10.6. The molecule has 0 radical (unpaired) electrons. The van der Waals surface area contributed by atoms with Crippen LogP contribution < -0.4 is 0 Å². The standard InChI is InChI=1S/C4H8O5.C2H2F2O2/c5-1-3(6)2-9-4(7)8;3-1(4)2(5)6/h3,5-6H,1-2H2,(H,7,8);1H,(H,5,6). The van der Waals surface area contributed by atoms with Crippen LogP contribution >= 0.6 is 0 Å². The van der Waals surface area contributed by atoms with Crippen LogP contribution in [0.1, 0.15) is 0 Å². The molecule has 0 aliphatic rings. The van der Waals surface area contributed by atoms with Gasteiger partial charge in [0.15, 0.2) is 0 Å². The van der Waals surface area contributed by atoms with Crippen molar-refractivity contribution in [3.8, 4) is 0 Å². The summed E-state index contributed by atoms with van der Waals surface area (Å²) in [4.78, 5) is 18.6. The molecule has 0 amide bonds. The van der Waals surface area contributed by atoms with Crippen molar-refractivity contribution in [1.29, 1.82) is 0 Å². The van der Waals surface area contributed by atoms with Crippen molar-refractivity contribution >= 4 is 12.1 Å². The molecule has 0 heterocycles. The fourth-order valence-corrected chi connectivity index (χ4v) is 0.220. The first-order valence-electron chi connectivity index (χ1n) is 3.46. The minimum atomic E-state index is -3.23. The average Bonchev–Trinajstić information content (AvgIpc) is 2.14. The Morgan fingerprint density at radius 1 is 1.27 bits per heavy atom. The van der Waals surface area contributed by atoms with Crippen molar-refractivity contribution in [3.63, 3.8) is 0 Å². The third-order valence-electron chi connectivity index (χ3n) is 0.797. The van der Waals surface area contributed by atoms with E-state index in [0.717, 1.165) is 0 Å². The SMILES string of the molecule is O=C(O)C(F)F.O=C(O)OCC(O)CO. The van der Waals surface area contributed by atoms with Gasteiger partial charge in [0.2, 0.25) is 0 Å². The summed E-state index contributed by atoms with van der Waals surface area (Å²) in [6.07, 6.45) is -5.80. The van der Waals surface area contributed by atoms with Gasteiger partial charge < -0.3 is 25.2 Å². The highest BCUT2D eigenvalue weighted by Gasteiger charge is 2.10. The van der Waals surface area contributed by atoms with Gasteiger partial charge in [-0.25, -0.2) is 9.59 Å². The van der Waals surface area contributed by atoms with E-state index in [2.05, 4.69) is 4.74 Å². The van der Waals surface area contributed by atoms with Gasteiger partial charge in [0, 0.05) is 0 Å². The number of halogens is 2. The molecular formula is C6H10F2O7. The number of carboxylic acids is 1. The van der Waals surface area contributed by atoms with Crippen LogP contribution in [0.15, 0.2) is 0 Å². The van der Waals surface area contributed by atoms with Crippen LogP contribution in [0.4, 0.5) is 13.6 Å². The van der Waals surface area contributed by atoms with E-state index in [1.165, 1.54) is 0 Å². The Morgan fingerprint density at radius 2 is 1.67 bits per heavy atom. The van der Waals surface area contributed by atoms with Gasteiger partial charge in [-0.3, -0.25) is 0 Å². The Hall–Kier alpha value is -1.48. The maximum absolute atomic E-state index is 10.6. The second-order valence-electron chi connectivity index (χ2n) is 2.05. The Morgan fingerprint density at radius 3 is 1.87 bits per heavy atom. The molecule has 0 aromatic heterocycles. The Balaban J connectivity index is 0. The highest BCUT2D eigenvalue weighted by molar-refractivity contribution is 5.70. The maximum Gasteiger partial charge on any atom is 0.505 e. The smallest absolute Gasteiger partial charge is 0.477 e. The molecule has 0 aliphatic carbocycles. The van der Waals surface area contributed by atoms with Crippen molar-refractivity contribution in [3.05, 3.63) is 0 Å². The summed E-state index contributed by atoms with van der Waals surface area (Å²) < 4.78 is 25.0. The molecule has 0 aliphatic heterocycles. The molecule has 0 spiro atoms. The predicted octanol–water partition coefficient (Wildman–Crippen LogP) is -0.630. The second kappa shape index (κ2) is 9.09. The number of carbonyl (C=O) groups is 2. The molecule has 4 N–H and O–H groups in total. The highest BCUT2D eigenvalue weighted by atomic mass is 19.3. The van der Waals surface area contributed by atoms with Crippen LogP contribution in [-0.2, 0) is 9.53 Å². The molecule has 7 nitrogen and oxygen atoms in total. The zero-order chi connectivity index (χ0) is 12.4. The van der Waals surface area contributed by atoms with E-state index in [1.54, 1.807) is 0 Å². The van der Waals surface area contributed by atoms with Gasteiger partial charge in [-0.1, -0.05) is 0 Å². The minimum Gasteiger partial charge on any atom is -0.477 e. The van der Waals surface area contributed by atoms with Crippen LogP contribution in [0.5, 0.6) is 0 Å². The van der Waals surface area contributed by atoms with Crippen molar-refractivity contribution in [2.75, 3.05) is 13.2 Å². The van der Waals surface area contributed by atoms with Crippen molar-refractivity contribution < 1.29 is 43.5 Å². The van der Waals surface area contributed by atoms with E-state index in [0.29, 0.717) is 0 Å². The summed E-state index contributed by atoms with van der Waals surface area (Å²) in [6.45, 7) is -0.876. The first kappa shape index (κ1) is 16.0. The van der Waals surface area contributed by atoms with E-state index in [9.17, 15) is 13.6 Å². The Labute approximate surface area is 82.5 Å². The van der Waals surface area contributed by atoms with Crippen LogP contribution in [0.25, 0.3) is 0 Å². The molecule has 0 fully saturated rings. The summed E-state index contributed by atoms with van der Waals surface area (Å²) in [6, 6.07) is 0. The van der Waals surface area contributed by atoms with Gasteiger partial charge in [0.1, 0.15) is 12.7 Å². The first-order chi connectivity index (χ1) is 6.81. The normalized spacial score (nSPS) is 11.3. The van der Waals surface area contributed by atoms with Crippen molar-refractivity contribution in [1.82, 2.24) is 0 Å². The largest absolute Gasteiger partial charge is 0.505 e. The van der Waals surface area contributed by atoms with E-state index in [4.69, 9.17) is 25.2 Å². The molecular weight excluding hydrogens is 222 g/mol. The topological polar surface area (TPSA) is 124 Å². The van der Waals surface area contributed by atoms with Crippen molar-refractivity contribution in [2.45, 2.75) is 12.5 Å². The summed E-state index contributed by atoms with van der Waals surface area (Å²) in [5, 5.41) is 31.7. The van der Waals surface area contributed by atoms with E-state index < -0.39 is 31.3 Å². The fraction of sp³-hybridized carbons (Fsp3) is 0.667. The lowest BCUT2D eigenvalue weighted by Gasteiger charge is -2.03. The van der Waals surface area contributed by atoms with E-state index >= 15 is 0 Å². The molecule has 0 rings (SSSR count). The van der Waals surface area contributed by atoms with Gasteiger partial charge in [0.05, 0.1) is 6.61 Å². The number of aliphatic hydroxyl groups excluding tert-OH is 2. The average molecular weight is 232 g/mol. The summed E-state index contributed by atoms with van der Waals surface area (Å²) in [5.41, 5.74) is 0. The molecule has 0 bridgehead atoms. The quantitative estimate of drug-likeness (QED) is 0.475. The van der Waals surface area contributed by atoms with E-state index in [1.807, 2.05) is 0 Å². The number of aliphatic carboxylic acids is 1. The number of ether oxygens (including phenoxy) is 1. The zero-order valence-corrected chi connectivity index (χ0v) is 7.34. The Bertz CT molecular complexity index is 196. The van der Waals surface area contributed by atoms with Crippen LogP contribution in [0.3, 0.4) is 0 Å². The lowest BCUT2D eigenvalue weighted by Crippen LogP contribution is -2.21.